The maximum Gasteiger partial charge on any atom is 0.468 e. The molecule has 1 aromatic heterocycles. The zero-order valence-electron chi connectivity index (χ0n) is 9.79. The average molecular weight is 248 g/mol. The SMILES string of the molecule is CCCC(=O)Nc1n[n+]([O-])c2ccccc2[n+]1[O-]. The van der Waals surface area contributed by atoms with Crippen molar-refractivity contribution in [1.82, 2.24) is 5.10 Å². The summed E-state index contributed by atoms with van der Waals surface area (Å²) >= 11 is 0. The van der Waals surface area contributed by atoms with Crippen LogP contribution in [-0.2, 0) is 4.79 Å². The molecule has 2 aromatic rings. The number of nitrogens with zero attached hydrogens (tertiary/aromatic N) is 3. The van der Waals surface area contributed by atoms with Gasteiger partial charge >= 0.3 is 5.95 Å². The van der Waals surface area contributed by atoms with Gasteiger partial charge in [0.2, 0.25) is 5.10 Å². The number of carbonyl (C=O) groups is 1. The highest BCUT2D eigenvalue weighted by molar-refractivity contribution is 5.88. The molecule has 1 heterocycles. The van der Waals surface area contributed by atoms with Crippen LogP contribution in [-0.4, -0.2) is 11.0 Å². The maximum absolute atomic E-state index is 11.9. The fraction of sp³-hybridized carbons (Fsp3) is 0.273. The molecular formula is C11H12N4O3. The van der Waals surface area contributed by atoms with Gasteiger partial charge in [-0.2, -0.15) is 0 Å². The Kier molecular flexibility index (Phi) is 3.22. The van der Waals surface area contributed by atoms with E-state index in [1.807, 2.05) is 6.92 Å². The Morgan fingerprint density at radius 1 is 1.33 bits per heavy atom. The number of para-hydroxylation sites is 2. The van der Waals surface area contributed by atoms with Gasteiger partial charge in [-0.1, -0.05) is 19.1 Å². The maximum atomic E-state index is 11.9. The van der Waals surface area contributed by atoms with Crippen LogP contribution in [0.2, 0.25) is 0 Å². The molecule has 0 atom stereocenters. The standard InChI is InChI=1S/C11H12N4O3/c1-2-5-10(16)12-11-13-15(18)9-7-4-3-6-8(9)14(11)17/h3-4,6-7H,2,5H2,1H3,(H,12,13,16). The molecule has 0 radical (unpaired) electrons. The second-order valence-corrected chi connectivity index (χ2v) is 3.78. The van der Waals surface area contributed by atoms with Gasteiger partial charge in [0.05, 0.1) is 0 Å². The van der Waals surface area contributed by atoms with Crippen molar-refractivity contribution in [3.8, 4) is 0 Å². The summed E-state index contributed by atoms with van der Waals surface area (Å²) in [6.07, 6.45) is 0.920. The lowest BCUT2D eigenvalue weighted by Gasteiger charge is -2.08. The number of hydrogen-bond donors (Lipinski definition) is 1. The summed E-state index contributed by atoms with van der Waals surface area (Å²) in [6.45, 7) is 1.84. The van der Waals surface area contributed by atoms with Crippen molar-refractivity contribution in [3.05, 3.63) is 34.7 Å². The summed E-state index contributed by atoms with van der Waals surface area (Å²) in [5, 5.41) is 29.3. The number of rotatable bonds is 3. The highest BCUT2D eigenvalue weighted by Crippen LogP contribution is 2.05. The van der Waals surface area contributed by atoms with Crippen molar-refractivity contribution in [2.75, 3.05) is 5.32 Å². The summed E-state index contributed by atoms with van der Waals surface area (Å²) in [6, 6.07) is 6.25. The number of carbonyl (C=O) groups excluding carboxylic acids is 1. The number of benzene rings is 1. The van der Waals surface area contributed by atoms with Crippen LogP contribution in [0.15, 0.2) is 24.3 Å². The van der Waals surface area contributed by atoms with Crippen molar-refractivity contribution >= 4 is 22.9 Å². The molecule has 0 bridgehead atoms. The third-order valence-electron chi connectivity index (χ3n) is 2.41. The normalized spacial score (nSPS) is 10.5. The fourth-order valence-electron chi connectivity index (χ4n) is 1.58. The highest BCUT2D eigenvalue weighted by Gasteiger charge is 2.21. The van der Waals surface area contributed by atoms with Crippen LogP contribution in [0.1, 0.15) is 19.8 Å². The largest absolute Gasteiger partial charge is 0.739 e. The predicted octanol–water partition coefficient (Wildman–Crippen LogP) is 0.240. The molecule has 0 spiro atoms. The van der Waals surface area contributed by atoms with E-state index >= 15 is 0 Å². The van der Waals surface area contributed by atoms with Gasteiger partial charge < -0.3 is 10.4 Å². The third kappa shape index (κ3) is 2.15. The summed E-state index contributed by atoms with van der Waals surface area (Å²) < 4.78 is 0.442. The smallest absolute Gasteiger partial charge is 0.468 e. The summed E-state index contributed by atoms with van der Waals surface area (Å²) in [7, 11) is 0. The second kappa shape index (κ2) is 4.82. The summed E-state index contributed by atoms with van der Waals surface area (Å²) in [4.78, 5) is 11.7. The molecule has 0 aliphatic carbocycles. The quantitative estimate of drug-likeness (QED) is 0.621. The first-order valence-corrected chi connectivity index (χ1v) is 5.55. The van der Waals surface area contributed by atoms with E-state index in [0.717, 1.165) is 0 Å². The van der Waals surface area contributed by atoms with Crippen LogP contribution < -0.4 is 14.9 Å². The van der Waals surface area contributed by atoms with Gasteiger partial charge in [0.25, 0.3) is 11.4 Å². The van der Waals surface area contributed by atoms with Crippen LogP contribution in [0, 0.1) is 10.4 Å². The number of anilines is 1. The molecule has 0 fully saturated rings. The lowest BCUT2D eigenvalue weighted by Crippen LogP contribution is -2.44. The zero-order chi connectivity index (χ0) is 13.1. The minimum absolute atomic E-state index is 0.154. The van der Waals surface area contributed by atoms with Crippen molar-refractivity contribution in [3.63, 3.8) is 0 Å². The van der Waals surface area contributed by atoms with Gasteiger partial charge in [0.15, 0.2) is 5.52 Å². The first kappa shape index (κ1) is 12.0. The molecule has 2 rings (SSSR count). The van der Waals surface area contributed by atoms with Crippen molar-refractivity contribution in [2.45, 2.75) is 19.8 Å². The van der Waals surface area contributed by atoms with Gasteiger partial charge in [-0.25, -0.2) is 10.0 Å². The topological polar surface area (TPSA) is 95.9 Å². The zero-order valence-corrected chi connectivity index (χ0v) is 9.79. The first-order valence-electron chi connectivity index (χ1n) is 5.55. The fourth-order valence-corrected chi connectivity index (χ4v) is 1.58. The van der Waals surface area contributed by atoms with Crippen LogP contribution in [0.5, 0.6) is 0 Å². The molecule has 18 heavy (non-hydrogen) atoms. The van der Waals surface area contributed by atoms with Crippen molar-refractivity contribution in [1.29, 1.82) is 0 Å². The Hall–Kier alpha value is -2.44. The van der Waals surface area contributed by atoms with Gasteiger partial charge in [-0.15, -0.1) is 0 Å². The molecule has 1 amide bonds. The molecule has 1 aromatic carbocycles. The van der Waals surface area contributed by atoms with E-state index < -0.39 is 0 Å². The Morgan fingerprint density at radius 3 is 2.67 bits per heavy atom. The minimum Gasteiger partial charge on any atom is -0.739 e. The van der Waals surface area contributed by atoms with Crippen LogP contribution in [0.3, 0.4) is 0 Å². The van der Waals surface area contributed by atoms with E-state index in [1.54, 1.807) is 12.1 Å². The lowest BCUT2D eigenvalue weighted by atomic mass is 10.3. The van der Waals surface area contributed by atoms with E-state index in [1.165, 1.54) is 12.1 Å². The predicted molar refractivity (Wildman–Crippen MR) is 63.2 cm³/mol. The van der Waals surface area contributed by atoms with Gasteiger partial charge in [0, 0.05) is 17.3 Å². The second-order valence-electron chi connectivity index (χ2n) is 3.78. The van der Waals surface area contributed by atoms with Crippen LogP contribution >= 0.6 is 0 Å². The van der Waals surface area contributed by atoms with Gasteiger partial charge in [0.1, 0.15) is 0 Å². The molecule has 0 saturated heterocycles. The molecule has 0 saturated carbocycles. The number of amides is 1. The molecule has 1 N–H and O–H groups in total. The van der Waals surface area contributed by atoms with E-state index in [9.17, 15) is 15.2 Å². The third-order valence-corrected chi connectivity index (χ3v) is 2.41. The molecule has 0 unspecified atom stereocenters. The lowest BCUT2D eigenvalue weighted by molar-refractivity contribution is -0.672. The number of hydrogen-bond acceptors (Lipinski definition) is 4. The molecule has 7 nitrogen and oxygen atoms in total. The van der Waals surface area contributed by atoms with E-state index in [2.05, 4.69) is 10.4 Å². The Morgan fingerprint density at radius 2 is 2.00 bits per heavy atom. The van der Waals surface area contributed by atoms with Crippen molar-refractivity contribution in [2.24, 2.45) is 0 Å². The Bertz CT molecular complexity index is 600. The highest BCUT2D eigenvalue weighted by atomic mass is 16.5. The van der Waals surface area contributed by atoms with E-state index in [0.29, 0.717) is 16.0 Å². The molecule has 94 valence electrons. The minimum atomic E-state index is -0.343. The summed E-state index contributed by atoms with van der Waals surface area (Å²) in [5.41, 5.74) is 0.315. The van der Waals surface area contributed by atoms with Crippen molar-refractivity contribution < 1.29 is 14.4 Å². The molecule has 7 heteroatoms. The van der Waals surface area contributed by atoms with Gasteiger partial charge in [-0.05, 0) is 12.5 Å². The summed E-state index contributed by atoms with van der Waals surface area (Å²) in [5.74, 6) is -0.646. The van der Waals surface area contributed by atoms with E-state index in [-0.39, 0.29) is 29.3 Å². The number of nitrogens with one attached hydrogen (secondary N) is 1. The number of aromatic nitrogens is 3. The van der Waals surface area contributed by atoms with Gasteiger partial charge in [-0.3, -0.25) is 4.79 Å². The Balaban J connectivity index is 2.46. The molecule has 0 aliphatic rings. The van der Waals surface area contributed by atoms with E-state index in [4.69, 9.17) is 0 Å². The number of fused-ring (bicyclic) bond motifs is 1. The Labute approximate surface area is 103 Å². The molecular weight excluding hydrogens is 236 g/mol. The average Bonchev–Trinajstić information content (AvgIpc) is 2.36. The first-order chi connectivity index (χ1) is 8.63. The monoisotopic (exact) mass is 248 g/mol. The molecule has 0 aliphatic heterocycles. The van der Waals surface area contributed by atoms with Crippen LogP contribution in [0.25, 0.3) is 11.0 Å². The van der Waals surface area contributed by atoms with Crippen LogP contribution in [0.4, 0.5) is 5.95 Å².